The zero-order valence-electron chi connectivity index (χ0n) is 23.6. The molecule has 4 aliphatic heterocycles. The number of fused-ring (bicyclic) bond motifs is 5. The van der Waals surface area contributed by atoms with Crippen LogP contribution in [0.2, 0.25) is 0 Å². The van der Waals surface area contributed by atoms with Gasteiger partial charge in [0.25, 0.3) is 11.8 Å². The van der Waals surface area contributed by atoms with E-state index in [-0.39, 0.29) is 36.8 Å². The summed E-state index contributed by atoms with van der Waals surface area (Å²) in [4.78, 5) is 61.8. The Kier molecular flexibility index (Phi) is 7.40. The minimum Gasteiger partial charge on any atom is -0.482 e. The Bertz CT molecular complexity index is 1590. The monoisotopic (exact) mass is 600 g/mol. The van der Waals surface area contributed by atoms with Crippen molar-refractivity contribution in [1.29, 1.82) is 0 Å². The Morgan fingerprint density at radius 1 is 1.23 bits per heavy atom. The number of nitrogens with zero attached hydrogens (tertiary/aromatic N) is 3. The van der Waals surface area contributed by atoms with Crippen LogP contribution in [-0.4, -0.2) is 71.2 Å². The molecule has 228 valence electrons. The largest absolute Gasteiger partial charge is 0.482 e. The molecule has 12 nitrogen and oxygen atoms in total. The fraction of sp³-hybridized carbons (Fsp3) is 0.483. The van der Waals surface area contributed by atoms with Crippen molar-refractivity contribution in [3.63, 3.8) is 0 Å². The number of rotatable bonds is 5. The molecule has 2 fully saturated rings. The molecule has 0 aliphatic carbocycles. The summed E-state index contributed by atoms with van der Waals surface area (Å²) >= 11 is 0. The highest BCUT2D eigenvalue weighted by atomic mass is 19.1. The van der Waals surface area contributed by atoms with Crippen LogP contribution < -0.4 is 15.5 Å². The maximum atomic E-state index is 14.2. The van der Waals surface area contributed by atoms with Gasteiger partial charge in [-0.3, -0.25) is 14.4 Å². The molecule has 1 aromatic heterocycles. The van der Waals surface area contributed by atoms with E-state index in [1.165, 1.54) is 23.9 Å². The van der Waals surface area contributed by atoms with Crippen LogP contribution in [0.5, 0.6) is 5.75 Å². The van der Waals surface area contributed by atoms with Crippen LogP contribution in [0.1, 0.15) is 71.5 Å². The number of pyridine rings is 1. The molecular formula is C29H30F2N4O8. The van der Waals surface area contributed by atoms with Gasteiger partial charge in [0.2, 0.25) is 17.1 Å². The van der Waals surface area contributed by atoms with Crippen LogP contribution in [-0.2, 0) is 25.7 Å². The zero-order valence-corrected chi connectivity index (χ0v) is 23.6. The second-order valence-electron chi connectivity index (χ2n) is 11.2. The van der Waals surface area contributed by atoms with Crippen LogP contribution in [0.15, 0.2) is 34.3 Å². The van der Waals surface area contributed by atoms with E-state index in [4.69, 9.17) is 19.0 Å². The Morgan fingerprint density at radius 3 is 2.74 bits per heavy atom. The van der Waals surface area contributed by atoms with Gasteiger partial charge in [0.1, 0.15) is 17.2 Å². The third kappa shape index (κ3) is 5.02. The molecule has 14 heteroatoms. The summed E-state index contributed by atoms with van der Waals surface area (Å²) < 4.78 is 45.4. The molecule has 2 saturated heterocycles. The SMILES string of the molecule is COC1=NO[C@@]2(CC[C@H](C)N3C[C@H]2n2cc(C(=O)NCc4ccc(F)cc4F)c(=O)c(OC(=O)C4CCCO4)c2C3=O)C1. The number of nitrogens with one attached hydrogen (secondary N) is 1. The van der Waals surface area contributed by atoms with Gasteiger partial charge in [-0.15, -0.1) is 0 Å². The lowest BCUT2D eigenvalue weighted by Crippen LogP contribution is -2.52. The third-order valence-corrected chi connectivity index (χ3v) is 8.60. The molecule has 1 unspecified atom stereocenters. The molecule has 1 aromatic carbocycles. The molecule has 43 heavy (non-hydrogen) atoms. The normalized spacial score (nSPS) is 26.0. The molecule has 6 rings (SSSR count). The van der Waals surface area contributed by atoms with Crippen LogP contribution in [0.3, 0.4) is 0 Å². The number of methoxy groups -OCH3 is 1. The number of carbonyl (C=O) groups is 3. The number of hydrogen-bond acceptors (Lipinski definition) is 9. The van der Waals surface area contributed by atoms with Gasteiger partial charge in [-0.2, -0.15) is 0 Å². The molecular weight excluding hydrogens is 570 g/mol. The molecule has 2 amide bonds. The first-order chi connectivity index (χ1) is 20.6. The Labute approximate surface area is 244 Å². The highest BCUT2D eigenvalue weighted by molar-refractivity contribution is 6.00. The fourth-order valence-corrected chi connectivity index (χ4v) is 6.14. The summed E-state index contributed by atoms with van der Waals surface area (Å²) in [6, 6.07) is 2.00. The molecule has 1 N–H and O–H groups in total. The molecule has 1 spiro atoms. The van der Waals surface area contributed by atoms with E-state index < -0.39 is 63.9 Å². The highest BCUT2D eigenvalue weighted by Crippen LogP contribution is 2.46. The van der Waals surface area contributed by atoms with E-state index in [9.17, 15) is 28.0 Å². The predicted molar refractivity (Wildman–Crippen MR) is 144 cm³/mol. The van der Waals surface area contributed by atoms with Crippen LogP contribution in [0.25, 0.3) is 0 Å². The van der Waals surface area contributed by atoms with Crippen molar-refractivity contribution < 1.29 is 42.2 Å². The van der Waals surface area contributed by atoms with E-state index in [1.807, 2.05) is 6.92 Å². The number of aromatic nitrogens is 1. The standard InChI is InChI=1S/C29H30F2N4O8/c1-15-7-8-29(11-22(40-2)33-43-29)21-14-34(15)27(38)23-25(42-28(39)20-4-3-9-41-20)24(36)18(13-35(21)23)26(37)32-12-16-5-6-17(30)10-19(16)31/h5-6,10,13,15,20-21H,3-4,7-9,11-12,14H2,1-2H3,(H,32,37)/t15-,20?,21+,29-/m0/s1. The van der Waals surface area contributed by atoms with E-state index in [2.05, 4.69) is 10.5 Å². The molecule has 2 aromatic rings. The second kappa shape index (κ2) is 11.1. The van der Waals surface area contributed by atoms with Gasteiger partial charge < -0.3 is 33.8 Å². The van der Waals surface area contributed by atoms with Crippen molar-refractivity contribution in [2.45, 2.75) is 69.4 Å². The summed E-state index contributed by atoms with van der Waals surface area (Å²) in [5, 5.41) is 6.56. The summed E-state index contributed by atoms with van der Waals surface area (Å²) in [5.74, 6) is -4.21. The van der Waals surface area contributed by atoms with Gasteiger partial charge >= 0.3 is 5.97 Å². The third-order valence-electron chi connectivity index (χ3n) is 8.60. The topological polar surface area (TPSA) is 138 Å². The van der Waals surface area contributed by atoms with Gasteiger partial charge in [-0.1, -0.05) is 11.2 Å². The van der Waals surface area contributed by atoms with Gasteiger partial charge in [0.15, 0.2) is 17.4 Å². The second-order valence-corrected chi connectivity index (χ2v) is 11.2. The summed E-state index contributed by atoms with van der Waals surface area (Å²) in [6.07, 6.45) is 2.60. The van der Waals surface area contributed by atoms with Crippen molar-refractivity contribution in [2.75, 3.05) is 20.3 Å². The molecule has 4 atom stereocenters. The number of oxime groups is 1. The van der Waals surface area contributed by atoms with Gasteiger partial charge in [-0.05, 0) is 38.7 Å². The first kappa shape index (κ1) is 28.8. The van der Waals surface area contributed by atoms with Gasteiger partial charge in [0.05, 0.1) is 19.6 Å². The van der Waals surface area contributed by atoms with Crippen molar-refractivity contribution in [3.05, 3.63) is 63.1 Å². The number of ether oxygens (including phenoxy) is 3. The molecule has 2 bridgehead atoms. The van der Waals surface area contributed by atoms with Crippen LogP contribution in [0, 0.1) is 11.6 Å². The first-order valence-corrected chi connectivity index (χ1v) is 14.1. The Morgan fingerprint density at radius 2 is 2.05 bits per heavy atom. The maximum absolute atomic E-state index is 14.2. The Hall–Kier alpha value is -4.33. The Balaban J connectivity index is 1.45. The number of amides is 2. The average Bonchev–Trinajstić information content (AvgIpc) is 3.65. The summed E-state index contributed by atoms with van der Waals surface area (Å²) in [5.41, 5.74) is -2.63. The van der Waals surface area contributed by atoms with E-state index in [0.29, 0.717) is 44.3 Å². The summed E-state index contributed by atoms with van der Waals surface area (Å²) in [7, 11) is 1.47. The molecule has 5 heterocycles. The smallest absolute Gasteiger partial charge is 0.340 e. The van der Waals surface area contributed by atoms with Crippen molar-refractivity contribution in [3.8, 4) is 5.75 Å². The lowest BCUT2D eigenvalue weighted by molar-refractivity contribution is -0.144. The zero-order chi connectivity index (χ0) is 30.5. The number of halogens is 2. The molecule has 4 aliphatic rings. The van der Waals surface area contributed by atoms with Gasteiger partial charge in [0, 0.05) is 43.6 Å². The van der Waals surface area contributed by atoms with Crippen molar-refractivity contribution in [2.24, 2.45) is 5.16 Å². The van der Waals surface area contributed by atoms with Crippen LogP contribution >= 0.6 is 0 Å². The van der Waals surface area contributed by atoms with Gasteiger partial charge in [-0.25, -0.2) is 13.6 Å². The molecule has 0 saturated carbocycles. The van der Waals surface area contributed by atoms with Crippen molar-refractivity contribution >= 4 is 23.7 Å². The highest BCUT2D eigenvalue weighted by Gasteiger charge is 2.55. The minimum absolute atomic E-state index is 0.0102. The average molecular weight is 601 g/mol. The van der Waals surface area contributed by atoms with Crippen molar-refractivity contribution in [1.82, 2.24) is 14.8 Å². The van der Waals surface area contributed by atoms with E-state index >= 15 is 0 Å². The maximum Gasteiger partial charge on any atom is 0.340 e. The number of esters is 1. The number of benzene rings is 1. The van der Waals surface area contributed by atoms with Crippen LogP contribution in [0.4, 0.5) is 8.78 Å². The van der Waals surface area contributed by atoms with E-state index in [1.54, 1.807) is 4.90 Å². The quantitative estimate of drug-likeness (QED) is 0.517. The predicted octanol–water partition coefficient (Wildman–Crippen LogP) is 2.44. The first-order valence-electron chi connectivity index (χ1n) is 14.1. The minimum atomic E-state index is -0.995. The van der Waals surface area contributed by atoms with E-state index in [0.717, 1.165) is 6.07 Å². The lowest BCUT2D eigenvalue weighted by Gasteiger charge is -2.42. The number of carbonyl (C=O) groups excluding carboxylic acids is 3. The molecule has 0 radical (unpaired) electrons. The fourth-order valence-electron chi connectivity index (χ4n) is 6.14. The summed E-state index contributed by atoms with van der Waals surface area (Å²) in [6.45, 7) is 2.03. The number of hydrogen-bond donors (Lipinski definition) is 1. The lowest BCUT2D eigenvalue weighted by atomic mass is 9.85.